The first-order valence-corrected chi connectivity index (χ1v) is 7.59. The Labute approximate surface area is 116 Å². The van der Waals surface area contributed by atoms with Gasteiger partial charge in [0, 0.05) is 12.0 Å². The van der Waals surface area contributed by atoms with E-state index in [2.05, 4.69) is 12.2 Å². The Morgan fingerprint density at radius 3 is 2.42 bits per heavy atom. The highest BCUT2D eigenvalue weighted by atomic mass is 16.4. The second-order valence-corrected chi connectivity index (χ2v) is 5.74. The van der Waals surface area contributed by atoms with E-state index in [0.29, 0.717) is 6.42 Å². The Hall–Kier alpha value is -1.06. The molecule has 1 rings (SSSR count). The molecule has 3 unspecified atom stereocenters. The van der Waals surface area contributed by atoms with Crippen LogP contribution in [0.25, 0.3) is 0 Å². The van der Waals surface area contributed by atoms with Crippen LogP contribution in [0.2, 0.25) is 0 Å². The fraction of sp³-hybridized carbons (Fsp3) is 0.867. The molecule has 3 atom stereocenters. The molecule has 0 aromatic carbocycles. The largest absolute Gasteiger partial charge is 0.481 e. The van der Waals surface area contributed by atoms with Crippen molar-refractivity contribution in [3.8, 4) is 0 Å². The first-order valence-electron chi connectivity index (χ1n) is 7.59. The van der Waals surface area contributed by atoms with Crippen LogP contribution in [0.5, 0.6) is 0 Å². The van der Waals surface area contributed by atoms with Gasteiger partial charge in [-0.3, -0.25) is 9.59 Å². The number of carbonyl (C=O) groups excluding carboxylic acids is 1. The summed E-state index contributed by atoms with van der Waals surface area (Å²) < 4.78 is 0. The Morgan fingerprint density at radius 2 is 1.84 bits per heavy atom. The van der Waals surface area contributed by atoms with Gasteiger partial charge in [0.05, 0.1) is 5.92 Å². The molecule has 1 fully saturated rings. The topological polar surface area (TPSA) is 66.4 Å². The van der Waals surface area contributed by atoms with Crippen LogP contribution in [0.1, 0.15) is 65.2 Å². The van der Waals surface area contributed by atoms with Crippen molar-refractivity contribution in [2.75, 3.05) is 0 Å². The number of rotatable bonds is 5. The van der Waals surface area contributed by atoms with Crippen molar-refractivity contribution < 1.29 is 14.7 Å². The van der Waals surface area contributed by atoms with Crippen molar-refractivity contribution in [3.05, 3.63) is 0 Å². The van der Waals surface area contributed by atoms with Crippen molar-refractivity contribution in [2.24, 2.45) is 11.8 Å². The van der Waals surface area contributed by atoms with E-state index < -0.39 is 11.9 Å². The maximum Gasteiger partial charge on any atom is 0.308 e. The zero-order valence-corrected chi connectivity index (χ0v) is 12.2. The van der Waals surface area contributed by atoms with Gasteiger partial charge in [-0.15, -0.1) is 0 Å². The summed E-state index contributed by atoms with van der Waals surface area (Å²) in [6.45, 7) is 3.97. The number of carboxylic acids is 1. The summed E-state index contributed by atoms with van der Waals surface area (Å²) in [4.78, 5) is 23.4. The van der Waals surface area contributed by atoms with Crippen molar-refractivity contribution in [3.63, 3.8) is 0 Å². The Balaban J connectivity index is 2.63. The summed E-state index contributed by atoms with van der Waals surface area (Å²) in [5.74, 6) is -1.20. The van der Waals surface area contributed by atoms with Crippen LogP contribution in [-0.4, -0.2) is 23.0 Å². The van der Waals surface area contributed by atoms with Gasteiger partial charge in [-0.25, -0.2) is 0 Å². The molecule has 4 nitrogen and oxygen atoms in total. The molecule has 0 aromatic heterocycles. The summed E-state index contributed by atoms with van der Waals surface area (Å²) in [6.07, 6.45) is 7.52. The third kappa shape index (κ3) is 5.21. The Bertz CT molecular complexity index is 304. The van der Waals surface area contributed by atoms with Crippen LogP contribution < -0.4 is 5.32 Å². The van der Waals surface area contributed by atoms with Crippen LogP contribution in [0, 0.1) is 11.8 Å². The zero-order valence-electron chi connectivity index (χ0n) is 12.2. The lowest BCUT2D eigenvalue weighted by atomic mass is 9.86. The molecule has 0 spiro atoms. The van der Waals surface area contributed by atoms with E-state index >= 15 is 0 Å². The standard InChI is InChI=1S/C15H27NO3/c1-3-8-11(2)14(17)16-13-10-7-5-4-6-9-12(13)15(18)19/h11-13H,3-10H2,1-2H3,(H,16,17)(H,18,19). The fourth-order valence-corrected chi connectivity index (χ4v) is 2.84. The molecule has 0 bridgehead atoms. The number of hydrogen-bond donors (Lipinski definition) is 2. The molecular formula is C15H27NO3. The highest BCUT2D eigenvalue weighted by Gasteiger charge is 2.30. The number of nitrogens with one attached hydrogen (secondary N) is 1. The lowest BCUT2D eigenvalue weighted by Gasteiger charge is -2.28. The van der Waals surface area contributed by atoms with Crippen LogP contribution in [0.3, 0.4) is 0 Å². The van der Waals surface area contributed by atoms with E-state index in [1.807, 2.05) is 6.92 Å². The van der Waals surface area contributed by atoms with E-state index in [1.165, 1.54) is 0 Å². The Morgan fingerprint density at radius 1 is 1.21 bits per heavy atom. The second kappa shape index (κ2) is 8.18. The molecule has 4 heteroatoms. The van der Waals surface area contributed by atoms with Gasteiger partial charge in [0.1, 0.15) is 0 Å². The predicted octanol–water partition coefficient (Wildman–Crippen LogP) is 2.96. The van der Waals surface area contributed by atoms with Crippen molar-refractivity contribution in [1.29, 1.82) is 0 Å². The average molecular weight is 269 g/mol. The van der Waals surface area contributed by atoms with E-state index in [-0.39, 0.29) is 17.9 Å². The maximum atomic E-state index is 12.1. The van der Waals surface area contributed by atoms with Crippen molar-refractivity contribution >= 4 is 11.9 Å². The zero-order chi connectivity index (χ0) is 14.3. The minimum Gasteiger partial charge on any atom is -0.481 e. The summed E-state index contributed by atoms with van der Waals surface area (Å²) in [5.41, 5.74) is 0. The van der Waals surface area contributed by atoms with E-state index in [9.17, 15) is 14.7 Å². The second-order valence-electron chi connectivity index (χ2n) is 5.74. The van der Waals surface area contributed by atoms with Crippen LogP contribution in [0.4, 0.5) is 0 Å². The summed E-state index contributed by atoms with van der Waals surface area (Å²) >= 11 is 0. The minimum atomic E-state index is -0.768. The predicted molar refractivity (Wildman–Crippen MR) is 74.8 cm³/mol. The van der Waals surface area contributed by atoms with E-state index in [1.54, 1.807) is 0 Å². The number of carboxylic acid groups (broad SMARTS) is 1. The third-order valence-electron chi connectivity index (χ3n) is 4.08. The molecule has 19 heavy (non-hydrogen) atoms. The molecule has 110 valence electrons. The molecule has 1 amide bonds. The SMILES string of the molecule is CCCC(C)C(=O)NC1CCCCCCC1C(=O)O. The fourth-order valence-electron chi connectivity index (χ4n) is 2.84. The quantitative estimate of drug-likeness (QED) is 0.806. The summed E-state index contributed by atoms with van der Waals surface area (Å²) in [6, 6.07) is -0.190. The highest BCUT2D eigenvalue weighted by molar-refractivity contribution is 5.80. The average Bonchev–Trinajstić information content (AvgIpc) is 2.32. The third-order valence-corrected chi connectivity index (χ3v) is 4.08. The molecule has 0 heterocycles. The van der Waals surface area contributed by atoms with Gasteiger partial charge in [-0.2, -0.15) is 0 Å². The number of carbonyl (C=O) groups is 2. The number of amides is 1. The summed E-state index contributed by atoms with van der Waals surface area (Å²) in [7, 11) is 0. The van der Waals surface area contributed by atoms with E-state index in [0.717, 1.165) is 44.9 Å². The molecular weight excluding hydrogens is 242 g/mol. The first-order chi connectivity index (χ1) is 9.06. The van der Waals surface area contributed by atoms with Crippen LogP contribution in [0.15, 0.2) is 0 Å². The van der Waals surface area contributed by atoms with Gasteiger partial charge in [-0.1, -0.05) is 46.0 Å². The van der Waals surface area contributed by atoms with Crippen LogP contribution >= 0.6 is 0 Å². The molecule has 0 radical (unpaired) electrons. The van der Waals surface area contributed by atoms with Gasteiger partial charge >= 0.3 is 5.97 Å². The van der Waals surface area contributed by atoms with Crippen molar-refractivity contribution in [2.45, 2.75) is 71.3 Å². The normalized spacial score (nSPS) is 26.0. The smallest absolute Gasteiger partial charge is 0.308 e. The highest BCUT2D eigenvalue weighted by Crippen LogP contribution is 2.23. The monoisotopic (exact) mass is 269 g/mol. The molecule has 0 aromatic rings. The van der Waals surface area contributed by atoms with Gasteiger partial charge in [0.15, 0.2) is 0 Å². The molecule has 1 aliphatic carbocycles. The molecule has 0 saturated heterocycles. The minimum absolute atomic E-state index is 0.0127. The molecule has 2 N–H and O–H groups in total. The van der Waals surface area contributed by atoms with Crippen molar-refractivity contribution in [1.82, 2.24) is 5.32 Å². The number of aliphatic carboxylic acids is 1. The van der Waals surface area contributed by atoms with Gasteiger partial charge in [-0.05, 0) is 19.3 Å². The lowest BCUT2D eigenvalue weighted by Crippen LogP contribution is -2.45. The van der Waals surface area contributed by atoms with E-state index in [4.69, 9.17) is 0 Å². The first kappa shape index (κ1) is 16.0. The van der Waals surface area contributed by atoms with Gasteiger partial charge in [0.25, 0.3) is 0 Å². The van der Waals surface area contributed by atoms with Gasteiger partial charge < -0.3 is 10.4 Å². The molecule has 1 saturated carbocycles. The molecule has 1 aliphatic rings. The Kier molecular flexibility index (Phi) is 6.89. The number of hydrogen-bond acceptors (Lipinski definition) is 2. The van der Waals surface area contributed by atoms with Crippen LogP contribution in [-0.2, 0) is 9.59 Å². The summed E-state index contributed by atoms with van der Waals surface area (Å²) in [5, 5.41) is 12.3. The van der Waals surface area contributed by atoms with Gasteiger partial charge in [0.2, 0.25) is 5.91 Å². The lowest BCUT2D eigenvalue weighted by molar-refractivity contribution is -0.143. The maximum absolute atomic E-state index is 12.1. The molecule has 0 aliphatic heterocycles.